The zero-order valence-corrected chi connectivity index (χ0v) is 8.60. The van der Waals surface area contributed by atoms with Crippen LogP contribution in [0.5, 0.6) is 0 Å². The molecule has 1 N–H and O–H groups in total. The lowest BCUT2D eigenvalue weighted by molar-refractivity contribution is 0.273. The van der Waals surface area contributed by atoms with Crippen LogP contribution in [0.25, 0.3) is 5.69 Å². The van der Waals surface area contributed by atoms with Crippen LogP contribution in [-0.2, 0) is 6.61 Å². The molecule has 4 nitrogen and oxygen atoms in total. The molecule has 1 aromatic heterocycles. The topological polar surface area (TPSA) is 55.1 Å². The lowest BCUT2D eigenvalue weighted by Gasteiger charge is -2.06. The Hall–Kier alpha value is -2.08. The minimum Gasteiger partial charge on any atom is -0.390 e. The number of nitrogens with zero attached hydrogens (tertiary/aromatic N) is 2. The zero-order valence-electron chi connectivity index (χ0n) is 8.60. The maximum atomic E-state index is 13.0. The number of rotatable bonds is 2. The summed E-state index contributed by atoms with van der Waals surface area (Å²) in [7, 11) is 0. The van der Waals surface area contributed by atoms with Crippen molar-refractivity contribution in [2.45, 2.75) is 6.61 Å². The summed E-state index contributed by atoms with van der Waals surface area (Å²) < 4.78 is 26.9. The zero-order chi connectivity index (χ0) is 12.4. The standard InChI is InChI=1S/C11H8F2N2O2/c12-8-2-1-7(5-9(8)13)15-4-3-11(17)10(6-16)14-15/h1-5,16H,6H2. The first-order valence-corrected chi connectivity index (χ1v) is 4.77. The van der Waals surface area contributed by atoms with E-state index in [1.807, 2.05) is 0 Å². The largest absolute Gasteiger partial charge is 0.390 e. The van der Waals surface area contributed by atoms with Gasteiger partial charge in [-0.05, 0) is 12.1 Å². The molecule has 1 aromatic carbocycles. The molecule has 1 heterocycles. The highest BCUT2D eigenvalue weighted by molar-refractivity contribution is 5.31. The Kier molecular flexibility index (Phi) is 2.97. The van der Waals surface area contributed by atoms with Gasteiger partial charge in [0.25, 0.3) is 0 Å². The van der Waals surface area contributed by atoms with Crippen molar-refractivity contribution in [3.8, 4) is 5.69 Å². The van der Waals surface area contributed by atoms with Gasteiger partial charge in [0.05, 0.1) is 12.3 Å². The maximum Gasteiger partial charge on any atom is 0.205 e. The third kappa shape index (κ3) is 2.21. The first-order valence-electron chi connectivity index (χ1n) is 4.77. The fourth-order valence-electron chi connectivity index (χ4n) is 1.33. The number of benzene rings is 1. The summed E-state index contributed by atoms with van der Waals surface area (Å²) in [4.78, 5) is 11.2. The molecule has 0 radical (unpaired) electrons. The van der Waals surface area contributed by atoms with E-state index >= 15 is 0 Å². The van der Waals surface area contributed by atoms with E-state index in [1.54, 1.807) is 0 Å². The second kappa shape index (κ2) is 4.42. The van der Waals surface area contributed by atoms with Crippen LogP contribution in [0.15, 0.2) is 35.3 Å². The van der Waals surface area contributed by atoms with Gasteiger partial charge in [0.2, 0.25) is 5.43 Å². The van der Waals surface area contributed by atoms with Crippen molar-refractivity contribution in [3.63, 3.8) is 0 Å². The average molecular weight is 238 g/mol. The molecular formula is C11H8F2N2O2. The van der Waals surface area contributed by atoms with Crippen LogP contribution >= 0.6 is 0 Å². The van der Waals surface area contributed by atoms with Crippen molar-refractivity contribution in [1.82, 2.24) is 9.78 Å². The molecule has 0 aliphatic heterocycles. The van der Waals surface area contributed by atoms with Crippen LogP contribution in [0.2, 0.25) is 0 Å². The maximum absolute atomic E-state index is 13.0. The van der Waals surface area contributed by atoms with Gasteiger partial charge in [-0.1, -0.05) is 0 Å². The molecular weight excluding hydrogens is 230 g/mol. The molecule has 0 saturated heterocycles. The molecule has 88 valence electrons. The highest BCUT2D eigenvalue weighted by Gasteiger charge is 2.06. The fourth-order valence-corrected chi connectivity index (χ4v) is 1.33. The second-order valence-corrected chi connectivity index (χ2v) is 3.33. The molecule has 6 heteroatoms. The second-order valence-electron chi connectivity index (χ2n) is 3.33. The minimum absolute atomic E-state index is 0.0581. The molecule has 0 aliphatic carbocycles. The first kappa shape index (κ1) is 11.4. The quantitative estimate of drug-likeness (QED) is 0.849. The van der Waals surface area contributed by atoms with E-state index < -0.39 is 23.7 Å². The van der Waals surface area contributed by atoms with Gasteiger partial charge >= 0.3 is 0 Å². The van der Waals surface area contributed by atoms with E-state index in [9.17, 15) is 13.6 Å². The molecule has 0 atom stereocenters. The van der Waals surface area contributed by atoms with E-state index in [0.717, 1.165) is 12.1 Å². The molecule has 0 saturated carbocycles. The number of aromatic nitrogens is 2. The monoisotopic (exact) mass is 238 g/mol. The van der Waals surface area contributed by atoms with E-state index in [4.69, 9.17) is 5.11 Å². The minimum atomic E-state index is -1.01. The van der Waals surface area contributed by atoms with Gasteiger partial charge in [0.15, 0.2) is 11.6 Å². The Morgan fingerprint density at radius 2 is 2.00 bits per heavy atom. The third-order valence-electron chi connectivity index (χ3n) is 2.20. The first-order chi connectivity index (χ1) is 8.11. The summed E-state index contributed by atoms with van der Waals surface area (Å²) in [5, 5.41) is 12.7. The number of aliphatic hydroxyl groups is 1. The summed E-state index contributed by atoms with van der Waals surface area (Å²) in [5.74, 6) is -1.97. The van der Waals surface area contributed by atoms with E-state index in [2.05, 4.69) is 5.10 Å². The van der Waals surface area contributed by atoms with Gasteiger partial charge in [0, 0.05) is 18.3 Å². The van der Waals surface area contributed by atoms with Gasteiger partial charge in [-0.15, -0.1) is 0 Å². The van der Waals surface area contributed by atoms with Crippen molar-refractivity contribution in [3.05, 3.63) is 58.0 Å². The van der Waals surface area contributed by atoms with Crippen LogP contribution in [0, 0.1) is 11.6 Å². The summed E-state index contributed by atoms with van der Waals surface area (Å²) in [6, 6.07) is 4.42. The van der Waals surface area contributed by atoms with E-state index in [-0.39, 0.29) is 11.4 Å². The van der Waals surface area contributed by atoms with E-state index in [1.165, 1.54) is 23.0 Å². The predicted octanol–water partition coefficient (Wildman–Crippen LogP) is 1.00. The highest BCUT2D eigenvalue weighted by Crippen LogP contribution is 2.11. The summed E-state index contributed by atoms with van der Waals surface area (Å²) >= 11 is 0. The summed E-state index contributed by atoms with van der Waals surface area (Å²) in [5.41, 5.74) is -0.206. The normalized spacial score (nSPS) is 10.5. The van der Waals surface area contributed by atoms with Gasteiger partial charge < -0.3 is 5.11 Å². The Bertz CT molecular complexity index is 611. The lowest BCUT2D eigenvalue weighted by Crippen LogP contribution is -2.15. The van der Waals surface area contributed by atoms with Gasteiger partial charge in [-0.25, -0.2) is 13.5 Å². The predicted molar refractivity (Wildman–Crippen MR) is 55.7 cm³/mol. The Balaban J connectivity index is 2.53. The molecule has 0 amide bonds. The van der Waals surface area contributed by atoms with Crippen molar-refractivity contribution < 1.29 is 13.9 Å². The van der Waals surface area contributed by atoms with Crippen molar-refractivity contribution >= 4 is 0 Å². The highest BCUT2D eigenvalue weighted by atomic mass is 19.2. The smallest absolute Gasteiger partial charge is 0.205 e. The third-order valence-corrected chi connectivity index (χ3v) is 2.20. The van der Waals surface area contributed by atoms with Gasteiger partial charge in [0.1, 0.15) is 5.69 Å². The van der Waals surface area contributed by atoms with Crippen molar-refractivity contribution in [2.24, 2.45) is 0 Å². The van der Waals surface area contributed by atoms with Crippen LogP contribution in [0.1, 0.15) is 5.69 Å². The Morgan fingerprint density at radius 3 is 2.65 bits per heavy atom. The SMILES string of the molecule is O=c1ccn(-c2ccc(F)c(F)c2)nc1CO. The Labute approximate surface area is 94.8 Å². The van der Waals surface area contributed by atoms with Crippen LogP contribution in [0.3, 0.4) is 0 Å². The molecule has 2 aromatic rings. The molecule has 2 rings (SSSR count). The van der Waals surface area contributed by atoms with Gasteiger partial charge in [-0.3, -0.25) is 4.79 Å². The number of aliphatic hydroxyl groups excluding tert-OH is 1. The van der Waals surface area contributed by atoms with Gasteiger partial charge in [-0.2, -0.15) is 5.10 Å². The Morgan fingerprint density at radius 1 is 1.24 bits per heavy atom. The molecule has 0 spiro atoms. The van der Waals surface area contributed by atoms with Crippen LogP contribution in [0.4, 0.5) is 8.78 Å². The molecule has 0 fully saturated rings. The molecule has 0 unspecified atom stereocenters. The van der Waals surface area contributed by atoms with Crippen LogP contribution in [-0.4, -0.2) is 14.9 Å². The lowest BCUT2D eigenvalue weighted by atomic mass is 10.3. The van der Waals surface area contributed by atoms with Crippen molar-refractivity contribution in [2.75, 3.05) is 0 Å². The number of hydrogen-bond acceptors (Lipinski definition) is 3. The number of halogens is 2. The van der Waals surface area contributed by atoms with E-state index in [0.29, 0.717) is 0 Å². The van der Waals surface area contributed by atoms with Crippen molar-refractivity contribution in [1.29, 1.82) is 0 Å². The molecule has 17 heavy (non-hydrogen) atoms. The fraction of sp³-hybridized carbons (Fsp3) is 0.0909. The van der Waals surface area contributed by atoms with Crippen LogP contribution < -0.4 is 5.43 Å². The number of hydrogen-bond donors (Lipinski definition) is 1. The molecule has 0 bridgehead atoms. The average Bonchev–Trinajstić information content (AvgIpc) is 2.33. The summed E-state index contributed by atoms with van der Waals surface area (Å²) in [6.45, 7) is -0.511. The molecule has 0 aliphatic rings. The summed E-state index contributed by atoms with van der Waals surface area (Å²) in [6.07, 6.45) is 1.31.